The van der Waals surface area contributed by atoms with Gasteiger partial charge in [-0.3, -0.25) is 4.79 Å². The Balaban J connectivity index is 2.12. The minimum atomic E-state index is -0.484. The lowest BCUT2D eigenvalue weighted by Crippen LogP contribution is -2.40. The number of benzene rings is 2. The number of amides is 1. The van der Waals surface area contributed by atoms with Crippen LogP contribution in [-0.2, 0) is 11.3 Å². The molecule has 1 N–H and O–H groups in total. The highest BCUT2D eigenvalue weighted by Crippen LogP contribution is 2.16. The zero-order valence-corrected chi connectivity index (χ0v) is 12.6. The number of hydrogen-bond donors (Lipinski definition) is 1. The molecule has 0 radical (unpaired) electrons. The van der Waals surface area contributed by atoms with E-state index in [0.717, 1.165) is 11.3 Å². The van der Waals surface area contributed by atoms with Gasteiger partial charge in [0, 0.05) is 12.2 Å². The van der Waals surface area contributed by atoms with E-state index in [-0.39, 0.29) is 12.5 Å². The van der Waals surface area contributed by atoms with Gasteiger partial charge < -0.3 is 10.2 Å². The number of nitrogens with zero attached hydrogens (tertiary/aromatic N) is 2. The largest absolute Gasteiger partial charge is 0.358 e. The van der Waals surface area contributed by atoms with Gasteiger partial charge in [0.15, 0.2) is 0 Å². The van der Waals surface area contributed by atoms with E-state index in [1.165, 1.54) is 0 Å². The quantitative estimate of drug-likeness (QED) is 0.891. The van der Waals surface area contributed by atoms with Gasteiger partial charge in [0.25, 0.3) is 0 Å². The number of nitriles is 1. The average Bonchev–Trinajstić information content (AvgIpc) is 2.56. The average molecular weight is 293 g/mol. The number of para-hydroxylation sites is 1. The van der Waals surface area contributed by atoms with Crippen LogP contribution in [0.15, 0.2) is 60.7 Å². The van der Waals surface area contributed by atoms with E-state index in [2.05, 4.69) is 5.32 Å². The molecule has 1 amide bonds. The minimum Gasteiger partial charge on any atom is -0.358 e. The molecule has 2 aromatic rings. The highest BCUT2D eigenvalue weighted by Gasteiger charge is 2.13. The molecule has 4 nitrogen and oxygen atoms in total. The first-order valence-corrected chi connectivity index (χ1v) is 7.22. The smallest absolute Gasteiger partial charge is 0.240 e. The summed E-state index contributed by atoms with van der Waals surface area (Å²) in [6, 6.07) is 21.3. The Labute approximate surface area is 131 Å². The Morgan fingerprint density at radius 1 is 1.14 bits per heavy atom. The van der Waals surface area contributed by atoms with Crippen LogP contribution in [0.5, 0.6) is 0 Å². The monoisotopic (exact) mass is 293 g/mol. The first-order chi connectivity index (χ1) is 10.7. The molecule has 1 atom stereocenters. The van der Waals surface area contributed by atoms with Crippen LogP contribution in [0.4, 0.5) is 5.69 Å². The predicted molar refractivity (Wildman–Crippen MR) is 87.2 cm³/mol. The van der Waals surface area contributed by atoms with Crippen LogP contribution in [0.2, 0.25) is 0 Å². The maximum Gasteiger partial charge on any atom is 0.240 e. The number of hydrogen-bond acceptors (Lipinski definition) is 3. The van der Waals surface area contributed by atoms with Gasteiger partial charge in [0.05, 0.1) is 12.6 Å². The standard InChI is InChI=1S/C18H19N3O/c1-15(12-19)20-18(22)14-21(17-10-6-3-7-11-17)13-16-8-4-2-5-9-16/h2-11,15H,13-14H2,1H3,(H,20,22)/t15-/m1/s1. The lowest BCUT2D eigenvalue weighted by molar-refractivity contribution is -0.120. The molecule has 0 aliphatic rings. The lowest BCUT2D eigenvalue weighted by atomic mass is 10.2. The molecule has 4 heteroatoms. The second kappa shape index (κ2) is 7.84. The highest BCUT2D eigenvalue weighted by molar-refractivity contribution is 5.81. The van der Waals surface area contributed by atoms with Crippen molar-refractivity contribution in [2.45, 2.75) is 19.5 Å². The summed E-state index contributed by atoms with van der Waals surface area (Å²) in [5.74, 6) is -0.158. The third kappa shape index (κ3) is 4.64. The summed E-state index contributed by atoms with van der Waals surface area (Å²) in [4.78, 5) is 14.1. The molecule has 0 spiro atoms. The second-order valence-corrected chi connectivity index (χ2v) is 5.10. The summed E-state index contributed by atoms with van der Waals surface area (Å²) >= 11 is 0. The van der Waals surface area contributed by atoms with Crippen molar-refractivity contribution >= 4 is 11.6 Å². The summed E-state index contributed by atoms with van der Waals surface area (Å²) in [5.41, 5.74) is 2.11. The van der Waals surface area contributed by atoms with E-state index in [1.54, 1.807) is 6.92 Å². The van der Waals surface area contributed by atoms with Crippen LogP contribution in [0.25, 0.3) is 0 Å². The molecule has 2 aromatic carbocycles. The maximum absolute atomic E-state index is 12.1. The maximum atomic E-state index is 12.1. The van der Waals surface area contributed by atoms with E-state index in [4.69, 9.17) is 5.26 Å². The van der Waals surface area contributed by atoms with Crippen LogP contribution in [0.3, 0.4) is 0 Å². The fourth-order valence-corrected chi connectivity index (χ4v) is 2.17. The molecule has 112 valence electrons. The van der Waals surface area contributed by atoms with E-state index < -0.39 is 6.04 Å². The van der Waals surface area contributed by atoms with Crippen molar-refractivity contribution < 1.29 is 4.79 Å². The zero-order valence-electron chi connectivity index (χ0n) is 12.6. The molecule has 0 aromatic heterocycles. The van der Waals surface area contributed by atoms with Crippen LogP contribution in [0.1, 0.15) is 12.5 Å². The first kappa shape index (κ1) is 15.6. The molecule has 0 unspecified atom stereocenters. The van der Waals surface area contributed by atoms with Gasteiger partial charge in [-0.1, -0.05) is 48.5 Å². The van der Waals surface area contributed by atoms with E-state index in [0.29, 0.717) is 6.54 Å². The molecular weight excluding hydrogens is 274 g/mol. The number of carbonyl (C=O) groups excluding carboxylic acids is 1. The number of carbonyl (C=O) groups is 1. The van der Waals surface area contributed by atoms with Crippen molar-refractivity contribution in [3.05, 3.63) is 66.2 Å². The topological polar surface area (TPSA) is 56.1 Å². The van der Waals surface area contributed by atoms with Crippen molar-refractivity contribution in [2.75, 3.05) is 11.4 Å². The Morgan fingerprint density at radius 3 is 2.32 bits per heavy atom. The number of rotatable bonds is 6. The molecule has 0 saturated heterocycles. The SMILES string of the molecule is C[C@H](C#N)NC(=O)CN(Cc1ccccc1)c1ccccc1. The molecule has 0 fully saturated rings. The number of nitrogens with one attached hydrogen (secondary N) is 1. The van der Waals surface area contributed by atoms with E-state index in [9.17, 15) is 4.79 Å². The predicted octanol–water partition coefficient (Wildman–Crippen LogP) is 2.72. The molecule has 0 aliphatic heterocycles. The number of anilines is 1. The van der Waals surface area contributed by atoms with Gasteiger partial charge in [-0.15, -0.1) is 0 Å². The fourth-order valence-electron chi connectivity index (χ4n) is 2.17. The lowest BCUT2D eigenvalue weighted by Gasteiger charge is -2.24. The van der Waals surface area contributed by atoms with Crippen molar-refractivity contribution in [1.82, 2.24) is 5.32 Å². The van der Waals surface area contributed by atoms with E-state index in [1.807, 2.05) is 71.6 Å². The highest BCUT2D eigenvalue weighted by atomic mass is 16.2. The van der Waals surface area contributed by atoms with Gasteiger partial charge in [0.1, 0.15) is 6.04 Å². The molecular formula is C18H19N3O. The van der Waals surface area contributed by atoms with E-state index >= 15 is 0 Å². The Hall–Kier alpha value is -2.80. The van der Waals surface area contributed by atoms with Gasteiger partial charge in [-0.2, -0.15) is 5.26 Å². The van der Waals surface area contributed by atoms with Crippen LogP contribution in [-0.4, -0.2) is 18.5 Å². The van der Waals surface area contributed by atoms with Crippen LogP contribution < -0.4 is 10.2 Å². The Morgan fingerprint density at radius 2 is 1.73 bits per heavy atom. The molecule has 0 heterocycles. The second-order valence-electron chi connectivity index (χ2n) is 5.10. The summed E-state index contributed by atoms with van der Waals surface area (Å²) in [6.07, 6.45) is 0. The van der Waals surface area contributed by atoms with Crippen molar-refractivity contribution in [3.63, 3.8) is 0 Å². The molecule has 0 bridgehead atoms. The van der Waals surface area contributed by atoms with Crippen molar-refractivity contribution in [2.24, 2.45) is 0 Å². The third-order valence-electron chi connectivity index (χ3n) is 3.24. The minimum absolute atomic E-state index is 0.158. The summed E-state index contributed by atoms with van der Waals surface area (Å²) in [5, 5.41) is 11.5. The van der Waals surface area contributed by atoms with Crippen LogP contribution >= 0.6 is 0 Å². The molecule has 2 rings (SSSR count). The van der Waals surface area contributed by atoms with Gasteiger partial charge in [-0.05, 0) is 24.6 Å². The summed E-state index contributed by atoms with van der Waals surface area (Å²) in [6.45, 7) is 2.52. The zero-order chi connectivity index (χ0) is 15.8. The first-order valence-electron chi connectivity index (χ1n) is 7.22. The summed E-state index contributed by atoms with van der Waals surface area (Å²) in [7, 11) is 0. The third-order valence-corrected chi connectivity index (χ3v) is 3.24. The van der Waals surface area contributed by atoms with Gasteiger partial charge in [-0.25, -0.2) is 0 Å². The Bertz CT molecular complexity index is 634. The molecule has 0 saturated carbocycles. The Kier molecular flexibility index (Phi) is 5.56. The van der Waals surface area contributed by atoms with Crippen LogP contribution in [0, 0.1) is 11.3 Å². The summed E-state index contributed by atoms with van der Waals surface area (Å²) < 4.78 is 0. The van der Waals surface area contributed by atoms with Gasteiger partial charge in [0.2, 0.25) is 5.91 Å². The normalized spacial score (nSPS) is 11.3. The fraction of sp³-hybridized carbons (Fsp3) is 0.222. The molecule has 0 aliphatic carbocycles. The van der Waals surface area contributed by atoms with Crippen molar-refractivity contribution in [1.29, 1.82) is 5.26 Å². The van der Waals surface area contributed by atoms with Crippen molar-refractivity contribution in [3.8, 4) is 6.07 Å². The van der Waals surface area contributed by atoms with Gasteiger partial charge >= 0.3 is 0 Å². The molecule has 22 heavy (non-hydrogen) atoms.